The molecule has 0 saturated carbocycles. The van der Waals surface area contributed by atoms with Gasteiger partial charge in [0.25, 0.3) is 5.91 Å². The fourth-order valence-electron chi connectivity index (χ4n) is 2.60. The number of carbonyl (C=O) groups excluding carboxylic acids is 2. The third-order valence-corrected chi connectivity index (χ3v) is 4.83. The van der Waals surface area contributed by atoms with Gasteiger partial charge in [0.05, 0.1) is 13.7 Å². The van der Waals surface area contributed by atoms with Crippen molar-refractivity contribution in [2.75, 3.05) is 19.0 Å². The lowest BCUT2D eigenvalue weighted by Crippen LogP contribution is -2.14. The number of hydrogen-bond acceptors (Lipinski definition) is 5. The Balaban J connectivity index is 1.97. The minimum absolute atomic E-state index is 0.253. The molecule has 1 N–H and O–H groups in total. The third-order valence-electron chi connectivity index (χ3n) is 3.93. The Hall–Kier alpha value is -3.12. The Morgan fingerprint density at radius 2 is 1.74 bits per heavy atom. The number of anilines is 1. The van der Waals surface area contributed by atoms with E-state index in [4.69, 9.17) is 9.47 Å². The monoisotopic (exact) mass is 381 g/mol. The van der Waals surface area contributed by atoms with E-state index in [9.17, 15) is 9.59 Å². The zero-order valence-electron chi connectivity index (χ0n) is 15.0. The van der Waals surface area contributed by atoms with E-state index >= 15 is 0 Å². The van der Waals surface area contributed by atoms with Gasteiger partial charge in [0.2, 0.25) is 0 Å². The van der Waals surface area contributed by atoms with Crippen LogP contribution < -0.4 is 10.1 Å². The molecular weight excluding hydrogens is 362 g/mol. The van der Waals surface area contributed by atoms with Crippen LogP contribution in [0.3, 0.4) is 0 Å². The van der Waals surface area contributed by atoms with Crippen molar-refractivity contribution in [3.05, 3.63) is 71.1 Å². The van der Waals surface area contributed by atoms with Gasteiger partial charge in [-0.1, -0.05) is 30.3 Å². The molecular formula is C21H19NO4S. The molecule has 3 rings (SSSR count). The molecule has 5 nitrogen and oxygen atoms in total. The lowest BCUT2D eigenvalue weighted by molar-refractivity contribution is 0.0529. The summed E-state index contributed by atoms with van der Waals surface area (Å²) in [5.41, 5.74) is 2.43. The first-order valence-electron chi connectivity index (χ1n) is 8.43. The van der Waals surface area contributed by atoms with Crippen molar-refractivity contribution in [2.45, 2.75) is 6.92 Å². The van der Waals surface area contributed by atoms with E-state index in [-0.39, 0.29) is 12.5 Å². The lowest BCUT2D eigenvalue weighted by Gasteiger charge is -2.09. The van der Waals surface area contributed by atoms with Gasteiger partial charge in [0, 0.05) is 16.5 Å². The van der Waals surface area contributed by atoms with Gasteiger partial charge >= 0.3 is 5.97 Å². The molecule has 138 valence electrons. The molecule has 0 fully saturated rings. The Kier molecular flexibility index (Phi) is 5.88. The van der Waals surface area contributed by atoms with Crippen LogP contribution in [0.5, 0.6) is 5.75 Å². The van der Waals surface area contributed by atoms with E-state index in [1.807, 2.05) is 35.7 Å². The van der Waals surface area contributed by atoms with Crippen molar-refractivity contribution in [3.63, 3.8) is 0 Å². The smallest absolute Gasteiger partial charge is 0.341 e. The molecule has 2 aromatic carbocycles. The summed E-state index contributed by atoms with van der Waals surface area (Å²) in [7, 11) is 1.60. The number of benzene rings is 2. The quantitative estimate of drug-likeness (QED) is 0.620. The van der Waals surface area contributed by atoms with Crippen LogP contribution in [0.4, 0.5) is 5.00 Å². The SMILES string of the molecule is CCOC(=O)c1c(-c2ccc(OC)cc2)csc1NC(=O)c1ccccc1. The van der Waals surface area contributed by atoms with Gasteiger partial charge < -0.3 is 14.8 Å². The molecule has 0 aliphatic heterocycles. The van der Waals surface area contributed by atoms with E-state index < -0.39 is 5.97 Å². The maximum atomic E-state index is 12.6. The highest BCUT2D eigenvalue weighted by molar-refractivity contribution is 7.15. The van der Waals surface area contributed by atoms with E-state index in [0.717, 1.165) is 11.3 Å². The maximum absolute atomic E-state index is 12.6. The van der Waals surface area contributed by atoms with Crippen LogP contribution in [0.2, 0.25) is 0 Å². The maximum Gasteiger partial charge on any atom is 0.341 e. The van der Waals surface area contributed by atoms with Crippen LogP contribution in [0.25, 0.3) is 11.1 Å². The van der Waals surface area contributed by atoms with Crippen LogP contribution in [0.1, 0.15) is 27.6 Å². The number of thiophene rings is 1. The molecule has 1 amide bonds. The van der Waals surface area contributed by atoms with Crippen molar-refractivity contribution >= 4 is 28.2 Å². The standard InChI is InChI=1S/C21H19NO4S/c1-3-26-21(24)18-17(14-9-11-16(25-2)12-10-14)13-27-20(18)22-19(23)15-7-5-4-6-8-15/h4-13H,3H2,1-2H3,(H,22,23). The molecule has 1 heterocycles. The van der Waals surface area contributed by atoms with Gasteiger partial charge in [-0.05, 0) is 36.8 Å². The number of amides is 1. The van der Waals surface area contributed by atoms with Gasteiger partial charge in [-0.3, -0.25) is 4.79 Å². The highest BCUT2D eigenvalue weighted by Crippen LogP contribution is 2.37. The largest absolute Gasteiger partial charge is 0.497 e. The molecule has 0 saturated heterocycles. The van der Waals surface area contributed by atoms with E-state index in [1.165, 1.54) is 11.3 Å². The molecule has 0 radical (unpaired) electrons. The minimum Gasteiger partial charge on any atom is -0.497 e. The Labute approximate surface area is 161 Å². The zero-order valence-corrected chi connectivity index (χ0v) is 15.8. The average molecular weight is 381 g/mol. The molecule has 0 atom stereocenters. The molecule has 0 spiro atoms. The van der Waals surface area contributed by atoms with Crippen molar-refractivity contribution in [1.82, 2.24) is 0 Å². The summed E-state index contributed by atoms with van der Waals surface area (Å²) in [6.07, 6.45) is 0. The van der Waals surface area contributed by atoms with Crippen molar-refractivity contribution in [1.29, 1.82) is 0 Å². The normalized spacial score (nSPS) is 10.3. The highest BCUT2D eigenvalue weighted by atomic mass is 32.1. The summed E-state index contributed by atoms with van der Waals surface area (Å²) in [6, 6.07) is 16.2. The summed E-state index contributed by atoms with van der Waals surface area (Å²) in [4.78, 5) is 25.1. The van der Waals surface area contributed by atoms with Crippen molar-refractivity contribution in [3.8, 4) is 16.9 Å². The van der Waals surface area contributed by atoms with Crippen LogP contribution in [-0.2, 0) is 4.74 Å². The van der Waals surface area contributed by atoms with Gasteiger partial charge in [-0.15, -0.1) is 11.3 Å². The van der Waals surface area contributed by atoms with Crippen LogP contribution >= 0.6 is 11.3 Å². The lowest BCUT2D eigenvalue weighted by atomic mass is 10.0. The molecule has 6 heteroatoms. The molecule has 27 heavy (non-hydrogen) atoms. The predicted molar refractivity (Wildman–Crippen MR) is 107 cm³/mol. The molecule has 0 bridgehead atoms. The van der Waals surface area contributed by atoms with Gasteiger partial charge in [0.15, 0.2) is 0 Å². The first-order valence-corrected chi connectivity index (χ1v) is 9.31. The summed E-state index contributed by atoms with van der Waals surface area (Å²) in [5.74, 6) is -0.0125. The highest BCUT2D eigenvalue weighted by Gasteiger charge is 2.23. The number of nitrogens with one attached hydrogen (secondary N) is 1. The second-order valence-electron chi connectivity index (χ2n) is 5.62. The van der Waals surface area contributed by atoms with Crippen molar-refractivity contribution in [2.24, 2.45) is 0 Å². The number of hydrogen-bond donors (Lipinski definition) is 1. The molecule has 1 aromatic heterocycles. The number of methoxy groups -OCH3 is 1. The molecule has 0 aliphatic carbocycles. The molecule has 3 aromatic rings. The predicted octanol–water partition coefficient (Wildman–Crippen LogP) is 4.85. The second-order valence-corrected chi connectivity index (χ2v) is 6.50. The van der Waals surface area contributed by atoms with Gasteiger partial charge in [-0.2, -0.15) is 0 Å². The van der Waals surface area contributed by atoms with E-state index in [2.05, 4.69) is 5.32 Å². The number of rotatable bonds is 6. The van der Waals surface area contributed by atoms with Gasteiger partial charge in [0.1, 0.15) is 16.3 Å². The average Bonchev–Trinajstić information content (AvgIpc) is 3.12. The molecule has 0 unspecified atom stereocenters. The number of esters is 1. The Morgan fingerprint density at radius 1 is 1.04 bits per heavy atom. The number of carbonyl (C=O) groups is 2. The second kappa shape index (κ2) is 8.51. The zero-order chi connectivity index (χ0) is 19.2. The summed E-state index contributed by atoms with van der Waals surface area (Å²) < 4.78 is 10.4. The minimum atomic E-state index is -0.465. The van der Waals surface area contributed by atoms with Crippen LogP contribution in [0.15, 0.2) is 60.0 Å². The molecule has 0 aliphatic rings. The fourth-order valence-corrected chi connectivity index (χ4v) is 3.56. The van der Waals surface area contributed by atoms with Crippen molar-refractivity contribution < 1.29 is 19.1 Å². The Bertz CT molecular complexity index is 933. The van der Waals surface area contributed by atoms with Gasteiger partial charge in [-0.25, -0.2) is 4.79 Å². The first-order chi connectivity index (χ1) is 13.1. The topological polar surface area (TPSA) is 64.6 Å². The van der Waals surface area contributed by atoms with E-state index in [0.29, 0.717) is 21.7 Å². The first kappa shape index (κ1) is 18.7. The summed E-state index contributed by atoms with van der Waals surface area (Å²) >= 11 is 1.29. The fraction of sp³-hybridized carbons (Fsp3) is 0.143. The summed E-state index contributed by atoms with van der Waals surface area (Å²) in [6.45, 7) is 2.00. The Morgan fingerprint density at radius 3 is 2.37 bits per heavy atom. The summed E-state index contributed by atoms with van der Waals surface area (Å²) in [5, 5.41) is 5.14. The van der Waals surface area contributed by atoms with Crippen LogP contribution in [0, 0.1) is 0 Å². The number of ether oxygens (including phenoxy) is 2. The third kappa shape index (κ3) is 4.17. The van der Waals surface area contributed by atoms with Crippen LogP contribution in [-0.4, -0.2) is 25.6 Å². The van der Waals surface area contributed by atoms with E-state index in [1.54, 1.807) is 38.3 Å².